The summed E-state index contributed by atoms with van der Waals surface area (Å²) in [6, 6.07) is 19.3. The number of hydrogen-bond acceptors (Lipinski definition) is 7. The molecule has 0 saturated carbocycles. The highest BCUT2D eigenvalue weighted by Gasteiger charge is 2.29. The van der Waals surface area contributed by atoms with Crippen LogP contribution in [0.3, 0.4) is 0 Å². The van der Waals surface area contributed by atoms with Crippen LogP contribution in [0.1, 0.15) is 51.9 Å². The molecule has 0 aliphatic carbocycles. The molecule has 0 fully saturated rings. The number of nitriles is 1. The van der Waals surface area contributed by atoms with Gasteiger partial charge < -0.3 is 5.11 Å². The van der Waals surface area contributed by atoms with Crippen molar-refractivity contribution < 1.29 is 23.1 Å². The second-order valence-corrected chi connectivity index (χ2v) is 10.1. The number of carboxylic acids is 1. The van der Waals surface area contributed by atoms with E-state index in [1.807, 2.05) is 37.3 Å². The Morgan fingerprint density at radius 3 is 2.37 bits per heavy atom. The van der Waals surface area contributed by atoms with Gasteiger partial charge in [-0.3, -0.25) is 9.59 Å². The maximum absolute atomic E-state index is 13.2. The molecule has 0 bridgehead atoms. The number of nitrogens with zero attached hydrogens (tertiary/aromatic N) is 3. The predicted molar refractivity (Wildman–Crippen MR) is 139 cm³/mol. The highest BCUT2D eigenvalue weighted by Crippen LogP contribution is 2.21. The predicted octanol–water partition coefficient (Wildman–Crippen LogP) is 3.42. The van der Waals surface area contributed by atoms with Crippen LogP contribution in [0.15, 0.2) is 76.4 Å². The van der Waals surface area contributed by atoms with Crippen LogP contribution in [0.25, 0.3) is 16.5 Å². The van der Waals surface area contributed by atoms with Crippen molar-refractivity contribution in [3.63, 3.8) is 0 Å². The molecule has 192 valence electrons. The van der Waals surface area contributed by atoms with Gasteiger partial charge in [-0.25, -0.2) is 22.6 Å². The fourth-order valence-electron chi connectivity index (χ4n) is 3.97. The summed E-state index contributed by atoms with van der Waals surface area (Å²) in [5.41, 5.74) is -2.00. The topological polar surface area (TPSA) is 159 Å². The van der Waals surface area contributed by atoms with Gasteiger partial charge in [0.2, 0.25) is 5.43 Å². The molecule has 3 aromatic carbocycles. The standard InChI is InChI=1S/C27H22N4O6S/c1-2-3-8-22-23(27(34)35)25(32)24(26(33)30-38(36,37)21-13-9-17(16-28)10-14-21)29-31(22)20-12-11-18-6-4-5-7-19(18)15-20/h4-7,9-15H,2-3,8H2,1H3,(H,30,33)(H,34,35). The van der Waals surface area contributed by atoms with Crippen molar-refractivity contribution in [3.05, 3.63) is 99.5 Å². The summed E-state index contributed by atoms with van der Waals surface area (Å²) in [6.07, 6.45) is 1.45. The summed E-state index contributed by atoms with van der Waals surface area (Å²) in [4.78, 5) is 38.2. The number of aromatic carboxylic acids is 1. The Balaban J connectivity index is 1.87. The van der Waals surface area contributed by atoms with Crippen molar-refractivity contribution in [3.8, 4) is 11.8 Å². The van der Waals surface area contributed by atoms with Crippen LogP contribution >= 0.6 is 0 Å². The molecule has 0 spiro atoms. The Bertz CT molecular complexity index is 1770. The summed E-state index contributed by atoms with van der Waals surface area (Å²) in [5, 5.41) is 24.8. The minimum atomic E-state index is -4.46. The average Bonchev–Trinajstić information content (AvgIpc) is 2.91. The fourth-order valence-corrected chi connectivity index (χ4v) is 4.92. The van der Waals surface area contributed by atoms with Gasteiger partial charge in [-0.15, -0.1) is 0 Å². The number of fused-ring (bicyclic) bond motifs is 1. The SMILES string of the molecule is CCCCc1c(C(=O)O)c(=O)c(C(=O)NS(=O)(=O)c2ccc(C#N)cc2)nn1-c1ccc2ccccc2c1. The number of carbonyl (C=O) groups is 2. The Hall–Kier alpha value is -4.82. The van der Waals surface area contributed by atoms with E-state index in [1.165, 1.54) is 16.8 Å². The molecule has 38 heavy (non-hydrogen) atoms. The number of benzene rings is 3. The highest BCUT2D eigenvalue weighted by atomic mass is 32.2. The molecule has 0 aliphatic heterocycles. The number of carboxylic acid groups (broad SMARTS) is 1. The molecule has 1 amide bonds. The van der Waals surface area contributed by atoms with Crippen LogP contribution in [0.4, 0.5) is 0 Å². The van der Waals surface area contributed by atoms with Crippen LogP contribution in [-0.4, -0.2) is 35.2 Å². The molecule has 2 N–H and O–H groups in total. The Labute approximate surface area is 217 Å². The van der Waals surface area contributed by atoms with Crippen molar-refractivity contribution in [1.82, 2.24) is 14.5 Å². The molecule has 0 saturated heterocycles. The van der Waals surface area contributed by atoms with Gasteiger partial charge in [0.05, 0.1) is 27.9 Å². The fraction of sp³-hybridized carbons (Fsp3) is 0.148. The van der Waals surface area contributed by atoms with Crippen LogP contribution in [0, 0.1) is 11.3 Å². The maximum atomic E-state index is 13.2. The van der Waals surface area contributed by atoms with E-state index in [-0.39, 0.29) is 22.6 Å². The zero-order valence-electron chi connectivity index (χ0n) is 20.2. The summed E-state index contributed by atoms with van der Waals surface area (Å²) in [6.45, 7) is 1.90. The summed E-state index contributed by atoms with van der Waals surface area (Å²) in [7, 11) is -4.46. The first-order chi connectivity index (χ1) is 18.2. The molecule has 0 unspecified atom stereocenters. The lowest BCUT2D eigenvalue weighted by molar-refractivity contribution is 0.0692. The first-order valence-corrected chi connectivity index (χ1v) is 13.1. The van der Waals surface area contributed by atoms with E-state index in [0.29, 0.717) is 18.5 Å². The smallest absolute Gasteiger partial charge is 0.341 e. The second-order valence-electron chi connectivity index (χ2n) is 8.42. The molecule has 11 heteroatoms. The maximum Gasteiger partial charge on any atom is 0.341 e. The summed E-state index contributed by atoms with van der Waals surface area (Å²) >= 11 is 0. The van der Waals surface area contributed by atoms with Crippen LogP contribution in [0.5, 0.6) is 0 Å². The number of amides is 1. The zero-order chi connectivity index (χ0) is 27.4. The molecule has 1 aromatic heterocycles. The van der Waals surface area contributed by atoms with Gasteiger partial charge in [0, 0.05) is 0 Å². The van der Waals surface area contributed by atoms with Crippen molar-refractivity contribution in [2.75, 3.05) is 0 Å². The molecular formula is C27H22N4O6S. The Morgan fingerprint density at radius 2 is 1.74 bits per heavy atom. The van der Waals surface area contributed by atoms with E-state index in [1.54, 1.807) is 22.9 Å². The second kappa shape index (κ2) is 10.7. The van der Waals surface area contributed by atoms with Crippen molar-refractivity contribution in [1.29, 1.82) is 5.26 Å². The molecule has 0 atom stereocenters. The molecule has 4 aromatic rings. The van der Waals surface area contributed by atoms with Gasteiger partial charge in [0.25, 0.3) is 15.9 Å². The molecule has 0 radical (unpaired) electrons. The van der Waals surface area contributed by atoms with Crippen molar-refractivity contribution in [2.45, 2.75) is 31.1 Å². The summed E-state index contributed by atoms with van der Waals surface area (Å²) in [5.74, 6) is -2.93. The van der Waals surface area contributed by atoms with Crippen molar-refractivity contribution in [2.24, 2.45) is 0 Å². The third-order valence-electron chi connectivity index (χ3n) is 5.88. The average molecular weight is 531 g/mol. The lowest BCUT2D eigenvalue weighted by Crippen LogP contribution is -2.38. The Morgan fingerprint density at radius 1 is 1.05 bits per heavy atom. The third-order valence-corrected chi connectivity index (χ3v) is 7.23. The molecule has 4 rings (SSSR count). The van der Waals surface area contributed by atoms with Gasteiger partial charge in [-0.1, -0.05) is 43.7 Å². The van der Waals surface area contributed by atoms with Crippen LogP contribution in [-0.2, 0) is 16.4 Å². The molecule has 0 aliphatic rings. The zero-order valence-corrected chi connectivity index (χ0v) is 21.0. The normalized spacial score (nSPS) is 11.2. The van der Waals surface area contributed by atoms with Crippen LogP contribution < -0.4 is 10.2 Å². The number of carbonyl (C=O) groups excluding carboxylic acids is 1. The minimum absolute atomic E-state index is 0.103. The van der Waals surface area contributed by atoms with Gasteiger partial charge in [-0.2, -0.15) is 10.4 Å². The minimum Gasteiger partial charge on any atom is -0.477 e. The van der Waals surface area contributed by atoms with E-state index < -0.39 is 38.6 Å². The first kappa shape index (κ1) is 26.2. The monoisotopic (exact) mass is 530 g/mol. The van der Waals surface area contributed by atoms with Gasteiger partial charge in [-0.05, 0) is 60.0 Å². The largest absolute Gasteiger partial charge is 0.477 e. The van der Waals surface area contributed by atoms with E-state index in [9.17, 15) is 27.9 Å². The number of hydrogen-bond donors (Lipinski definition) is 2. The van der Waals surface area contributed by atoms with Crippen LogP contribution in [0.2, 0.25) is 0 Å². The summed E-state index contributed by atoms with van der Waals surface area (Å²) < 4.78 is 28.6. The van der Waals surface area contributed by atoms with Crippen molar-refractivity contribution >= 4 is 32.7 Å². The van der Waals surface area contributed by atoms with E-state index in [2.05, 4.69) is 5.10 Å². The van der Waals surface area contributed by atoms with E-state index >= 15 is 0 Å². The molecule has 1 heterocycles. The number of sulfonamides is 1. The van der Waals surface area contributed by atoms with E-state index in [0.717, 1.165) is 22.9 Å². The number of rotatable bonds is 8. The van der Waals surface area contributed by atoms with Gasteiger partial charge in [0.15, 0.2) is 5.69 Å². The lowest BCUT2D eigenvalue weighted by Gasteiger charge is -2.17. The van der Waals surface area contributed by atoms with E-state index in [4.69, 9.17) is 5.26 Å². The van der Waals surface area contributed by atoms with Gasteiger partial charge >= 0.3 is 5.97 Å². The third kappa shape index (κ3) is 5.16. The number of nitrogens with one attached hydrogen (secondary N) is 1. The number of aromatic nitrogens is 2. The Kier molecular flexibility index (Phi) is 7.36. The highest BCUT2D eigenvalue weighted by molar-refractivity contribution is 7.90. The lowest BCUT2D eigenvalue weighted by atomic mass is 10.1. The molecular weight excluding hydrogens is 508 g/mol. The molecule has 10 nitrogen and oxygen atoms in total. The quantitative estimate of drug-likeness (QED) is 0.350. The number of unbranched alkanes of at least 4 members (excludes halogenated alkanes) is 1. The first-order valence-electron chi connectivity index (χ1n) is 11.6. The van der Waals surface area contributed by atoms with Gasteiger partial charge in [0.1, 0.15) is 5.56 Å².